The third-order valence-electron chi connectivity index (χ3n) is 4.84. The molecule has 0 aromatic carbocycles. The molecule has 0 radical (unpaired) electrons. The first-order chi connectivity index (χ1) is 12.5. The lowest BCUT2D eigenvalue weighted by Gasteiger charge is -2.19. The average Bonchev–Trinajstić information content (AvgIpc) is 3.30. The van der Waals surface area contributed by atoms with Crippen LogP contribution in [0.1, 0.15) is 34.8 Å². The van der Waals surface area contributed by atoms with E-state index in [1.165, 1.54) is 23.5 Å². The van der Waals surface area contributed by atoms with Crippen LogP contribution in [0.3, 0.4) is 0 Å². The van der Waals surface area contributed by atoms with Crippen molar-refractivity contribution in [3.8, 4) is 10.6 Å². The van der Waals surface area contributed by atoms with Gasteiger partial charge >= 0.3 is 5.65 Å². The number of imidazole rings is 1. The highest BCUT2D eigenvalue weighted by Crippen LogP contribution is 2.27. The maximum atomic E-state index is 12.2. The summed E-state index contributed by atoms with van der Waals surface area (Å²) in [6.45, 7) is 2.05. The molecule has 4 rings (SSSR count). The summed E-state index contributed by atoms with van der Waals surface area (Å²) in [6, 6.07) is 1.92. The molecule has 4 N–H and O–H groups in total. The molecule has 3 aromatic heterocycles. The molecule has 26 heavy (non-hydrogen) atoms. The van der Waals surface area contributed by atoms with Crippen molar-refractivity contribution in [2.75, 3.05) is 32.9 Å². The van der Waals surface area contributed by atoms with Gasteiger partial charge in [-0.3, -0.25) is 4.79 Å². The van der Waals surface area contributed by atoms with Gasteiger partial charge in [0.1, 0.15) is 11.9 Å². The summed E-state index contributed by atoms with van der Waals surface area (Å²) in [5.41, 5.74) is 9.69. The second-order valence-corrected chi connectivity index (χ2v) is 7.81. The van der Waals surface area contributed by atoms with Crippen LogP contribution in [-0.2, 0) is 0 Å². The SMILES string of the molecule is CN(C)C(=O)c1csc(-c2cnc(N)c3[nH]c(C4CCCNC4)c[n+]23)c1. The van der Waals surface area contributed by atoms with Crippen molar-refractivity contribution in [3.05, 3.63) is 35.1 Å². The predicted octanol–water partition coefficient (Wildman–Crippen LogP) is 1.63. The first-order valence-corrected chi connectivity index (χ1v) is 9.62. The number of aromatic nitrogens is 3. The topological polar surface area (TPSA) is 91.1 Å². The van der Waals surface area contributed by atoms with Crippen molar-refractivity contribution in [3.63, 3.8) is 0 Å². The molecule has 7 nitrogen and oxygen atoms in total. The van der Waals surface area contributed by atoms with Crippen molar-refractivity contribution >= 4 is 28.7 Å². The largest absolute Gasteiger partial charge is 0.377 e. The lowest BCUT2D eigenvalue weighted by atomic mass is 9.97. The number of carbonyl (C=O) groups is 1. The maximum absolute atomic E-state index is 12.2. The van der Waals surface area contributed by atoms with Crippen molar-refractivity contribution in [1.82, 2.24) is 20.2 Å². The van der Waals surface area contributed by atoms with Gasteiger partial charge < -0.3 is 16.0 Å². The van der Waals surface area contributed by atoms with E-state index < -0.39 is 0 Å². The van der Waals surface area contributed by atoms with Crippen molar-refractivity contribution < 1.29 is 9.20 Å². The second kappa shape index (κ2) is 6.69. The maximum Gasteiger partial charge on any atom is 0.328 e. The molecular formula is C18H23N6OS+. The fourth-order valence-corrected chi connectivity index (χ4v) is 4.30. The normalized spacial score (nSPS) is 17.5. The van der Waals surface area contributed by atoms with Crippen LogP contribution in [0.2, 0.25) is 0 Å². The summed E-state index contributed by atoms with van der Waals surface area (Å²) in [7, 11) is 3.52. The molecule has 1 saturated heterocycles. The second-order valence-electron chi connectivity index (χ2n) is 6.90. The molecule has 4 heterocycles. The molecular weight excluding hydrogens is 348 g/mol. The third-order valence-corrected chi connectivity index (χ3v) is 5.79. The molecule has 0 aliphatic carbocycles. The number of amides is 1. The Kier molecular flexibility index (Phi) is 4.37. The zero-order chi connectivity index (χ0) is 18.3. The number of hydrogen-bond donors (Lipinski definition) is 3. The fourth-order valence-electron chi connectivity index (χ4n) is 3.41. The van der Waals surface area contributed by atoms with E-state index in [1.807, 2.05) is 11.4 Å². The lowest BCUT2D eigenvalue weighted by Crippen LogP contribution is -2.29. The zero-order valence-corrected chi connectivity index (χ0v) is 15.8. The van der Waals surface area contributed by atoms with Crippen LogP contribution in [0.5, 0.6) is 0 Å². The van der Waals surface area contributed by atoms with Gasteiger partial charge in [0.25, 0.3) is 5.91 Å². The fraction of sp³-hybridized carbons (Fsp3) is 0.389. The molecule has 1 aliphatic heterocycles. The van der Waals surface area contributed by atoms with Gasteiger partial charge in [-0.05, 0) is 25.5 Å². The molecule has 0 saturated carbocycles. The first kappa shape index (κ1) is 17.0. The van der Waals surface area contributed by atoms with Gasteiger partial charge in [0.2, 0.25) is 5.82 Å². The smallest absolute Gasteiger partial charge is 0.328 e. The van der Waals surface area contributed by atoms with E-state index >= 15 is 0 Å². The van der Waals surface area contributed by atoms with Crippen LogP contribution in [-0.4, -0.2) is 48.0 Å². The Morgan fingerprint density at radius 3 is 3.04 bits per heavy atom. The van der Waals surface area contributed by atoms with Crippen LogP contribution >= 0.6 is 11.3 Å². The third kappa shape index (κ3) is 2.95. The summed E-state index contributed by atoms with van der Waals surface area (Å²) in [5, 5.41) is 5.34. The van der Waals surface area contributed by atoms with E-state index in [2.05, 4.69) is 25.9 Å². The number of nitrogens with two attached hydrogens (primary N) is 1. The van der Waals surface area contributed by atoms with Crippen molar-refractivity contribution in [2.24, 2.45) is 0 Å². The molecule has 3 aromatic rings. The Morgan fingerprint density at radius 2 is 2.31 bits per heavy atom. The molecule has 1 fully saturated rings. The number of nitrogen functional groups attached to an aromatic ring is 1. The van der Waals surface area contributed by atoms with Crippen LogP contribution in [0.15, 0.2) is 23.8 Å². The monoisotopic (exact) mass is 371 g/mol. The van der Waals surface area contributed by atoms with Crippen LogP contribution in [0.4, 0.5) is 5.82 Å². The number of aromatic amines is 1. The number of rotatable bonds is 3. The summed E-state index contributed by atoms with van der Waals surface area (Å²) in [5.74, 6) is 0.926. The predicted molar refractivity (Wildman–Crippen MR) is 102 cm³/mol. The number of nitrogens with one attached hydrogen (secondary N) is 2. The standard InChI is InChI=1S/C18H22N6OS/c1-23(2)18(25)12-6-15(26-10-12)14-8-21-16(19)17-22-13(9-24(14)17)11-4-3-5-20-7-11/h6,8-11,20H,3-5,7H2,1-2H3,(H2,19,21)/p+1. The van der Waals surface area contributed by atoms with E-state index in [1.54, 1.807) is 25.2 Å². The van der Waals surface area contributed by atoms with Gasteiger partial charge in [0.05, 0.1) is 16.6 Å². The van der Waals surface area contributed by atoms with E-state index in [-0.39, 0.29) is 5.91 Å². The van der Waals surface area contributed by atoms with E-state index in [9.17, 15) is 4.79 Å². The Labute approximate surface area is 155 Å². The van der Waals surface area contributed by atoms with Crippen molar-refractivity contribution in [1.29, 1.82) is 0 Å². The summed E-state index contributed by atoms with van der Waals surface area (Å²) in [6.07, 6.45) is 6.22. The Morgan fingerprint density at radius 1 is 1.46 bits per heavy atom. The molecule has 0 bridgehead atoms. The molecule has 1 amide bonds. The number of anilines is 1. The number of nitrogens with zero attached hydrogens (tertiary/aromatic N) is 3. The molecule has 1 aliphatic rings. The number of carbonyl (C=O) groups excluding carboxylic acids is 1. The minimum absolute atomic E-state index is 0.000172. The number of thiophene rings is 1. The average molecular weight is 371 g/mol. The Balaban J connectivity index is 1.77. The highest BCUT2D eigenvalue weighted by Gasteiger charge is 2.25. The van der Waals surface area contributed by atoms with Gasteiger partial charge in [-0.15, -0.1) is 11.3 Å². The summed E-state index contributed by atoms with van der Waals surface area (Å²) < 4.78 is 2.06. The molecule has 1 atom stereocenters. The van der Waals surface area contributed by atoms with E-state index in [0.717, 1.165) is 35.7 Å². The molecule has 136 valence electrons. The molecule has 1 unspecified atom stereocenters. The highest BCUT2D eigenvalue weighted by atomic mass is 32.1. The van der Waals surface area contributed by atoms with Crippen molar-refractivity contribution in [2.45, 2.75) is 18.8 Å². The lowest BCUT2D eigenvalue weighted by molar-refractivity contribution is -0.497. The molecule has 0 spiro atoms. The number of hydrogen-bond acceptors (Lipinski definition) is 5. The number of H-pyrrole nitrogens is 1. The van der Waals surface area contributed by atoms with Crippen LogP contribution in [0.25, 0.3) is 16.2 Å². The number of fused-ring (bicyclic) bond motifs is 1. The van der Waals surface area contributed by atoms with Gasteiger partial charge in [-0.1, -0.05) is 0 Å². The van der Waals surface area contributed by atoms with Gasteiger partial charge in [0.15, 0.2) is 5.69 Å². The Hall–Kier alpha value is -2.45. The van der Waals surface area contributed by atoms with E-state index in [4.69, 9.17) is 5.73 Å². The highest BCUT2D eigenvalue weighted by molar-refractivity contribution is 7.13. The van der Waals surface area contributed by atoms with Gasteiger partial charge in [0, 0.05) is 31.9 Å². The quantitative estimate of drug-likeness (QED) is 0.610. The van der Waals surface area contributed by atoms with Gasteiger partial charge in [-0.25, -0.2) is 9.97 Å². The van der Waals surface area contributed by atoms with Crippen LogP contribution in [0, 0.1) is 0 Å². The zero-order valence-electron chi connectivity index (χ0n) is 15.0. The minimum atomic E-state index is 0.000172. The van der Waals surface area contributed by atoms with E-state index in [0.29, 0.717) is 17.3 Å². The Bertz CT molecular complexity index is 954. The number of piperidine rings is 1. The minimum Gasteiger partial charge on any atom is -0.377 e. The molecule has 8 heteroatoms. The van der Waals surface area contributed by atoms with Crippen LogP contribution < -0.4 is 15.5 Å². The first-order valence-electron chi connectivity index (χ1n) is 8.74. The van der Waals surface area contributed by atoms with Gasteiger partial charge in [-0.2, -0.15) is 4.40 Å². The summed E-state index contributed by atoms with van der Waals surface area (Å²) >= 11 is 1.54. The summed E-state index contributed by atoms with van der Waals surface area (Å²) in [4.78, 5) is 22.6.